The highest BCUT2D eigenvalue weighted by Crippen LogP contribution is 2.43. The summed E-state index contributed by atoms with van der Waals surface area (Å²) in [6, 6.07) is 0. The van der Waals surface area contributed by atoms with Crippen molar-refractivity contribution in [2.24, 2.45) is 11.7 Å². The molecule has 0 bridgehead atoms. The third-order valence-electron chi connectivity index (χ3n) is 2.66. The predicted molar refractivity (Wildman–Crippen MR) is 53.3 cm³/mol. The number of primary amides is 1. The van der Waals surface area contributed by atoms with Crippen LogP contribution in [0.1, 0.15) is 27.2 Å². The average molecular weight is 215 g/mol. The molecule has 0 unspecified atom stereocenters. The normalized spacial score (nSPS) is 28.3. The van der Waals surface area contributed by atoms with Crippen LogP contribution in [0.3, 0.4) is 0 Å². The van der Waals surface area contributed by atoms with Crippen LogP contribution in [-0.4, -0.2) is 30.2 Å². The minimum atomic E-state index is -1.24. The summed E-state index contributed by atoms with van der Waals surface area (Å²) in [5.74, 6) is 0.204. The molecule has 0 aromatic carbocycles. The molecule has 1 amide bonds. The monoisotopic (exact) mass is 215 g/mol. The lowest BCUT2D eigenvalue weighted by Crippen LogP contribution is -2.51. The Morgan fingerprint density at radius 1 is 1.73 bits per heavy atom. The zero-order chi connectivity index (χ0) is 11.7. The highest BCUT2D eigenvalue weighted by Gasteiger charge is 2.61. The average Bonchev–Trinajstić information content (AvgIpc) is 2.82. The van der Waals surface area contributed by atoms with Crippen molar-refractivity contribution in [2.75, 3.05) is 6.61 Å². The first-order valence-corrected chi connectivity index (χ1v) is 4.94. The first kappa shape index (κ1) is 12.0. The number of hydrogen-bond acceptors (Lipinski definition) is 4. The van der Waals surface area contributed by atoms with Crippen LogP contribution in [0.25, 0.3) is 0 Å². The van der Waals surface area contributed by atoms with Gasteiger partial charge in [-0.2, -0.15) is 0 Å². The minimum absolute atomic E-state index is 0.204. The number of carbonyl (C=O) groups excluding carboxylic acids is 2. The van der Waals surface area contributed by atoms with Crippen LogP contribution in [0.2, 0.25) is 0 Å². The summed E-state index contributed by atoms with van der Waals surface area (Å²) < 4.78 is 10.2. The third-order valence-corrected chi connectivity index (χ3v) is 2.66. The van der Waals surface area contributed by atoms with E-state index in [1.54, 1.807) is 6.92 Å². The van der Waals surface area contributed by atoms with Crippen molar-refractivity contribution >= 4 is 12.4 Å². The molecule has 15 heavy (non-hydrogen) atoms. The molecule has 86 valence electrons. The molecule has 0 spiro atoms. The lowest BCUT2D eigenvalue weighted by molar-refractivity contribution is -0.133. The van der Waals surface area contributed by atoms with Gasteiger partial charge in [0.15, 0.2) is 11.9 Å². The summed E-state index contributed by atoms with van der Waals surface area (Å²) in [6.07, 6.45) is 0.0974. The van der Waals surface area contributed by atoms with Crippen molar-refractivity contribution in [3.8, 4) is 0 Å². The number of hydrogen-bond donors (Lipinski definition) is 1. The molecule has 0 aromatic heterocycles. The molecule has 1 heterocycles. The molecule has 1 rings (SSSR count). The molecular weight excluding hydrogens is 198 g/mol. The number of carbonyl (C=O) groups is 2. The Balaban J connectivity index is 2.90. The molecule has 0 radical (unpaired) electrons. The van der Waals surface area contributed by atoms with Crippen molar-refractivity contribution in [3.05, 3.63) is 0 Å². The second kappa shape index (κ2) is 3.81. The fourth-order valence-electron chi connectivity index (χ4n) is 1.70. The first-order valence-electron chi connectivity index (χ1n) is 4.94. The summed E-state index contributed by atoms with van der Waals surface area (Å²) in [4.78, 5) is 22.0. The second-order valence-corrected chi connectivity index (χ2v) is 4.55. The second-order valence-electron chi connectivity index (χ2n) is 4.55. The van der Waals surface area contributed by atoms with E-state index in [0.29, 0.717) is 19.3 Å². The van der Waals surface area contributed by atoms with Gasteiger partial charge in [0.1, 0.15) is 5.60 Å². The van der Waals surface area contributed by atoms with Gasteiger partial charge in [-0.15, -0.1) is 0 Å². The molecule has 1 saturated heterocycles. The highest BCUT2D eigenvalue weighted by molar-refractivity contribution is 5.74. The van der Waals surface area contributed by atoms with E-state index in [0.717, 1.165) is 0 Å². The van der Waals surface area contributed by atoms with Gasteiger partial charge in [0.05, 0.1) is 6.61 Å². The zero-order valence-electron chi connectivity index (χ0n) is 9.28. The van der Waals surface area contributed by atoms with Crippen LogP contribution < -0.4 is 5.73 Å². The van der Waals surface area contributed by atoms with E-state index < -0.39 is 17.3 Å². The van der Waals surface area contributed by atoms with Crippen LogP contribution in [-0.2, 0) is 14.3 Å². The van der Waals surface area contributed by atoms with E-state index in [4.69, 9.17) is 15.2 Å². The lowest BCUT2D eigenvalue weighted by atomic mass is 9.83. The van der Waals surface area contributed by atoms with Gasteiger partial charge in [-0.25, -0.2) is 4.79 Å². The summed E-state index contributed by atoms with van der Waals surface area (Å²) in [7, 11) is 0. The molecular formula is C10H17NO4. The minimum Gasteiger partial charge on any atom is -0.432 e. The maximum atomic E-state index is 11.2. The van der Waals surface area contributed by atoms with Gasteiger partial charge < -0.3 is 15.2 Å². The van der Waals surface area contributed by atoms with Crippen molar-refractivity contribution < 1.29 is 19.1 Å². The van der Waals surface area contributed by atoms with Crippen molar-refractivity contribution in [1.29, 1.82) is 0 Å². The van der Waals surface area contributed by atoms with Crippen LogP contribution in [0, 0.1) is 5.92 Å². The Morgan fingerprint density at radius 2 is 2.27 bits per heavy atom. The number of epoxide rings is 1. The molecule has 1 aliphatic heterocycles. The molecule has 1 aliphatic rings. The molecule has 1 fully saturated rings. The maximum absolute atomic E-state index is 11.2. The Kier molecular flexibility index (Phi) is 3.04. The van der Waals surface area contributed by atoms with Crippen LogP contribution in [0.5, 0.6) is 0 Å². The van der Waals surface area contributed by atoms with Crippen LogP contribution >= 0.6 is 0 Å². The Bertz CT molecular complexity index is 273. The number of nitrogens with two attached hydrogens (primary N) is 1. The molecule has 0 aromatic rings. The number of aldehydes is 1. The van der Waals surface area contributed by atoms with Crippen LogP contribution in [0.4, 0.5) is 4.79 Å². The molecule has 2 atom stereocenters. The van der Waals surface area contributed by atoms with Gasteiger partial charge in [-0.3, -0.25) is 4.79 Å². The molecule has 5 nitrogen and oxygen atoms in total. The number of amides is 1. The van der Waals surface area contributed by atoms with Crippen molar-refractivity contribution in [1.82, 2.24) is 0 Å². The largest absolute Gasteiger partial charge is 0.432 e. The van der Waals surface area contributed by atoms with Gasteiger partial charge in [0.25, 0.3) is 0 Å². The topological polar surface area (TPSA) is 81.9 Å². The lowest BCUT2D eigenvalue weighted by Gasteiger charge is -2.32. The highest BCUT2D eigenvalue weighted by atomic mass is 16.6. The SMILES string of the molecule is CC(C)C[C@](C=O)(OC(N)=O)[C@@]1(C)CO1. The summed E-state index contributed by atoms with van der Waals surface area (Å²) in [6.45, 7) is 6.03. The van der Waals surface area contributed by atoms with Gasteiger partial charge >= 0.3 is 6.09 Å². The van der Waals surface area contributed by atoms with Gasteiger partial charge in [0, 0.05) is 0 Å². The smallest absolute Gasteiger partial charge is 0.405 e. The maximum Gasteiger partial charge on any atom is 0.405 e. The molecule has 2 N–H and O–H groups in total. The molecule has 0 aliphatic carbocycles. The van der Waals surface area contributed by atoms with Gasteiger partial charge in [0.2, 0.25) is 0 Å². The van der Waals surface area contributed by atoms with Gasteiger partial charge in [-0.1, -0.05) is 13.8 Å². The fraction of sp³-hybridized carbons (Fsp3) is 0.800. The van der Waals surface area contributed by atoms with Crippen molar-refractivity contribution in [2.45, 2.75) is 38.4 Å². The van der Waals surface area contributed by atoms with Crippen molar-refractivity contribution in [3.63, 3.8) is 0 Å². The molecule has 5 heteroatoms. The first-order chi connectivity index (χ1) is 6.85. The zero-order valence-corrected chi connectivity index (χ0v) is 9.28. The van der Waals surface area contributed by atoms with Crippen LogP contribution in [0.15, 0.2) is 0 Å². The summed E-state index contributed by atoms with van der Waals surface area (Å²) >= 11 is 0. The van der Waals surface area contributed by atoms with E-state index >= 15 is 0 Å². The third kappa shape index (κ3) is 2.28. The van der Waals surface area contributed by atoms with E-state index in [1.807, 2.05) is 13.8 Å². The Labute approximate surface area is 88.9 Å². The number of rotatable bonds is 5. The summed E-state index contributed by atoms with van der Waals surface area (Å²) in [5, 5.41) is 0. The van der Waals surface area contributed by atoms with E-state index in [-0.39, 0.29) is 5.92 Å². The van der Waals surface area contributed by atoms with E-state index in [2.05, 4.69) is 0 Å². The quantitative estimate of drug-likeness (QED) is 0.544. The standard InChI is InChI=1S/C10H17NO4/c1-7(2)4-10(5-12,15-8(11)13)9(3)6-14-9/h5,7H,4,6H2,1-3H3,(H2,11,13)/t9-,10-/m1/s1. The summed E-state index contributed by atoms with van der Waals surface area (Å²) in [5.41, 5.74) is 3.02. The number of ether oxygens (including phenoxy) is 2. The van der Waals surface area contributed by atoms with Gasteiger partial charge in [-0.05, 0) is 19.3 Å². The Morgan fingerprint density at radius 3 is 2.53 bits per heavy atom. The Hall–Kier alpha value is -1.10. The van der Waals surface area contributed by atoms with E-state index in [9.17, 15) is 9.59 Å². The fourth-order valence-corrected chi connectivity index (χ4v) is 1.70. The predicted octanol–water partition coefficient (Wildman–Crippen LogP) is 0.854. The van der Waals surface area contributed by atoms with E-state index in [1.165, 1.54) is 0 Å². The molecule has 0 saturated carbocycles.